The van der Waals surface area contributed by atoms with Gasteiger partial charge in [0.15, 0.2) is 12.2 Å². The standard InChI is InChI=1S/C12H14N4O5/c1-3-20-7(17)4-6-5-16-8-9(13-12(16)21-6)15(2)11(19)14-10(8)18/h5,8-9H,3-4H2,1-2H3,(H,14,18,19). The lowest BCUT2D eigenvalue weighted by Gasteiger charge is -2.33. The van der Waals surface area contributed by atoms with Gasteiger partial charge < -0.3 is 14.4 Å². The van der Waals surface area contributed by atoms with Crippen LogP contribution in [0, 0.1) is 0 Å². The van der Waals surface area contributed by atoms with Gasteiger partial charge in [0, 0.05) is 13.2 Å². The zero-order valence-corrected chi connectivity index (χ0v) is 11.5. The molecule has 9 heteroatoms. The van der Waals surface area contributed by atoms with Crippen molar-refractivity contribution in [3.8, 4) is 0 Å². The highest BCUT2D eigenvalue weighted by molar-refractivity contribution is 6.03. The molecular weight excluding hydrogens is 280 g/mol. The maximum atomic E-state index is 12.0. The summed E-state index contributed by atoms with van der Waals surface area (Å²) in [6.45, 7) is 2.00. The van der Waals surface area contributed by atoms with Gasteiger partial charge in [-0.15, -0.1) is 0 Å². The van der Waals surface area contributed by atoms with E-state index in [4.69, 9.17) is 9.47 Å². The van der Waals surface area contributed by atoms with Gasteiger partial charge in [-0.2, -0.15) is 0 Å². The van der Waals surface area contributed by atoms with Gasteiger partial charge in [0.2, 0.25) is 0 Å². The van der Waals surface area contributed by atoms with Crippen molar-refractivity contribution in [1.29, 1.82) is 0 Å². The van der Waals surface area contributed by atoms with Crippen LogP contribution >= 0.6 is 0 Å². The third-order valence-corrected chi connectivity index (χ3v) is 3.39. The first-order valence-electron chi connectivity index (χ1n) is 6.49. The number of carbonyl (C=O) groups excluding carboxylic acids is 3. The number of amidine groups is 1. The Balaban J connectivity index is 1.77. The van der Waals surface area contributed by atoms with E-state index in [2.05, 4.69) is 10.3 Å². The van der Waals surface area contributed by atoms with Crippen LogP contribution in [0.1, 0.15) is 13.3 Å². The Bertz CT molecular complexity index is 584. The lowest BCUT2D eigenvalue weighted by Crippen LogP contribution is -2.62. The van der Waals surface area contributed by atoms with Crippen LogP contribution in [0.15, 0.2) is 17.0 Å². The number of aliphatic imine (C=N–C) groups is 1. The van der Waals surface area contributed by atoms with Crippen LogP contribution in [-0.4, -0.2) is 59.6 Å². The molecule has 1 saturated heterocycles. The van der Waals surface area contributed by atoms with E-state index in [-0.39, 0.29) is 19.0 Å². The average Bonchev–Trinajstić information content (AvgIpc) is 2.93. The van der Waals surface area contributed by atoms with Crippen LogP contribution in [-0.2, 0) is 19.1 Å². The number of esters is 1. The van der Waals surface area contributed by atoms with Crippen LogP contribution in [0.5, 0.6) is 0 Å². The van der Waals surface area contributed by atoms with E-state index in [1.807, 2.05) is 0 Å². The number of nitrogens with one attached hydrogen (secondary N) is 1. The highest BCUT2D eigenvalue weighted by Gasteiger charge is 2.51. The molecule has 0 aromatic heterocycles. The summed E-state index contributed by atoms with van der Waals surface area (Å²) in [5, 5.41) is 2.25. The second kappa shape index (κ2) is 4.76. The average molecular weight is 294 g/mol. The fourth-order valence-electron chi connectivity index (χ4n) is 2.41. The highest BCUT2D eigenvalue weighted by atomic mass is 16.5. The molecule has 3 aliphatic heterocycles. The van der Waals surface area contributed by atoms with Crippen LogP contribution < -0.4 is 5.32 Å². The van der Waals surface area contributed by atoms with E-state index >= 15 is 0 Å². The molecule has 0 saturated carbocycles. The molecule has 3 heterocycles. The molecule has 9 nitrogen and oxygen atoms in total. The minimum absolute atomic E-state index is 0.0306. The van der Waals surface area contributed by atoms with E-state index < -0.39 is 30.1 Å². The first-order chi connectivity index (χ1) is 10.0. The molecule has 21 heavy (non-hydrogen) atoms. The van der Waals surface area contributed by atoms with Crippen molar-refractivity contribution in [2.24, 2.45) is 4.99 Å². The van der Waals surface area contributed by atoms with Crippen molar-refractivity contribution in [1.82, 2.24) is 15.1 Å². The number of hydrogen-bond donors (Lipinski definition) is 1. The molecule has 1 N–H and O–H groups in total. The van der Waals surface area contributed by atoms with Gasteiger partial charge in [-0.3, -0.25) is 19.8 Å². The number of ether oxygens (including phenoxy) is 2. The molecule has 2 unspecified atom stereocenters. The zero-order valence-electron chi connectivity index (χ0n) is 11.5. The molecule has 112 valence electrons. The van der Waals surface area contributed by atoms with E-state index in [1.54, 1.807) is 20.2 Å². The molecule has 0 bridgehead atoms. The van der Waals surface area contributed by atoms with Crippen molar-refractivity contribution in [3.63, 3.8) is 0 Å². The molecule has 3 aliphatic rings. The Morgan fingerprint density at radius 3 is 3.00 bits per heavy atom. The fraction of sp³-hybridized carbons (Fsp3) is 0.500. The number of urea groups is 1. The van der Waals surface area contributed by atoms with Crippen LogP contribution in [0.4, 0.5) is 4.79 Å². The minimum atomic E-state index is -0.678. The van der Waals surface area contributed by atoms with Crippen LogP contribution in [0.3, 0.4) is 0 Å². The Labute approximate surface area is 120 Å². The van der Waals surface area contributed by atoms with Crippen LogP contribution in [0.25, 0.3) is 0 Å². The lowest BCUT2D eigenvalue weighted by atomic mass is 10.1. The number of fused-ring (bicyclic) bond motifs is 3. The largest absolute Gasteiger partial charge is 0.466 e. The first kappa shape index (κ1) is 13.4. The molecule has 1 fully saturated rings. The van der Waals surface area contributed by atoms with Gasteiger partial charge in [-0.05, 0) is 6.92 Å². The van der Waals surface area contributed by atoms with Gasteiger partial charge in [-0.1, -0.05) is 0 Å². The van der Waals surface area contributed by atoms with Crippen LogP contribution in [0.2, 0.25) is 0 Å². The summed E-state index contributed by atoms with van der Waals surface area (Å²) in [5.74, 6) is -0.500. The van der Waals surface area contributed by atoms with E-state index in [9.17, 15) is 14.4 Å². The molecular formula is C12H14N4O5. The molecule has 0 spiro atoms. The van der Waals surface area contributed by atoms with Gasteiger partial charge in [0.1, 0.15) is 12.2 Å². The van der Waals surface area contributed by atoms with Crippen molar-refractivity contribution in [2.75, 3.05) is 13.7 Å². The summed E-state index contributed by atoms with van der Waals surface area (Å²) >= 11 is 0. The number of imide groups is 1. The Hall–Kier alpha value is -2.58. The molecule has 0 radical (unpaired) electrons. The maximum absolute atomic E-state index is 12.0. The number of carbonyl (C=O) groups is 3. The quantitative estimate of drug-likeness (QED) is 0.695. The van der Waals surface area contributed by atoms with E-state index in [0.717, 1.165) is 0 Å². The fourth-order valence-corrected chi connectivity index (χ4v) is 2.41. The molecule has 2 atom stereocenters. The second-order valence-electron chi connectivity index (χ2n) is 4.76. The maximum Gasteiger partial charge on any atom is 0.325 e. The summed E-state index contributed by atoms with van der Waals surface area (Å²) in [5.41, 5.74) is 0. The minimum Gasteiger partial charge on any atom is -0.466 e. The Morgan fingerprint density at radius 2 is 2.29 bits per heavy atom. The molecule has 0 aromatic carbocycles. The van der Waals surface area contributed by atoms with Crippen molar-refractivity contribution in [3.05, 3.63) is 12.0 Å². The highest BCUT2D eigenvalue weighted by Crippen LogP contribution is 2.30. The normalized spacial score (nSPS) is 26.6. The third kappa shape index (κ3) is 2.10. The molecule has 0 aliphatic carbocycles. The smallest absolute Gasteiger partial charge is 0.325 e. The third-order valence-electron chi connectivity index (χ3n) is 3.39. The first-order valence-corrected chi connectivity index (χ1v) is 6.49. The van der Waals surface area contributed by atoms with Gasteiger partial charge in [0.25, 0.3) is 11.9 Å². The summed E-state index contributed by atoms with van der Waals surface area (Å²) < 4.78 is 10.3. The van der Waals surface area contributed by atoms with E-state index in [0.29, 0.717) is 5.76 Å². The number of amides is 3. The second-order valence-corrected chi connectivity index (χ2v) is 4.76. The zero-order chi connectivity index (χ0) is 15.1. The summed E-state index contributed by atoms with van der Waals surface area (Å²) in [4.78, 5) is 42.0. The van der Waals surface area contributed by atoms with Crippen molar-refractivity contribution < 1.29 is 23.9 Å². The van der Waals surface area contributed by atoms with Crippen molar-refractivity contribution in [2.45, 2.75) is 25.6 Å². The summed E-state index contributed by atoms with van der Waals surface area (Å²) in [7, 11) is 1.55. The molecule has 3 rings (SSSR count). The summed E-state index contributed by atoms with van der Waals surface area (Å²) in [6.07, 6.45) is 0.891. The number of nitrogens with zero attached hydrogens (tertiary/aromatic N) is 3. The molecule has 3 amide bonds. The predicted molar refractivity (Wildman–Crippen MR) is 68.6 cm³/mol. The molecule has 0 aromatic rings. The number of rotatable bonds is 3. The van der Waals surface area contributed by atoms with Gasteiger partial charge in [-0.25, -0.2) is 9.79 Å². The van der Waals surface area contributed by atoms with Gasteiger partial charge in [0.05, 0.1) is 6.61 Å². The number of likely N-dealkylation sites (N-methyl/N-ethyl adjacent to an activating group) is 1. The van der Waals surface area contributed by atoms with Gasteiger partial charge >= 0.3 is 12.0 Å². The number of hydrogen-bond acceptors (Lipinski definition) is 7. The Morgan fingerprint density at radius 1 is 1.52 bits per heavy atom. The topological polar surface area (TPSA) is 101 Å². The lowest BCUT2D eigenvalue weighted by molar-refractivity contribution is -0.142. The summed E-state index contributed by atoms with van der Waals surface area (Å²) in [6, 6.07) is -0.967. The predicted octanol–water partition coefficient (Wildman–Crippen LogP) is -0.641. The Kier molecular flexibility index (Phi) is 3.04. The van der Waals surface area contributed by atoms with E-state index in [1.165, 1.54) is 9.80 Å². The SMILES string of the molecule is CCOC(=O)CC1=CN2C(=NC3C2C(=O)NC(=O)N3C)O1. The van der Waals surface area contributed by atoms with Crippen molar-refractivity contribution >= 4 is 23.9 Å². The monoisotopic (exact) mass is 294 g/mol.